The van der Waals surface area contributed by atoms with Crippen LogP contribution in [0, 0.1) is 18.3 Å². The third kappa shape index (κ3) is 1.87. The molecule has 23 heavy (non-hydrogen) atoms. The van der Waals surface area contributed by atoms with Crippen molar-refractivity contribution in [1.29, 1.82) is 5.26 Å². The average Bonchev–Trinajstić information content (AvgIpc) is 2.78. The van der Waals surface area contributed by atoms with E-state index in [1.807, 2.05) is 6.07 Å². The van der Waals surface area contributed by atoms with Crippen molar-refractivity contribution in [2.24, 2.45) is 0 Å². The number of nitrogens with two attached hydrogens (primary N) is 1. The molecule has 0 atom stereocenters. The average molecular weight is 310 g/mol. The summed E-state index contributed by atoms with van der Waals surface area (Å²) in [6.45, 7) is 1.51. The van der Waals surface area contributed by atoms with Gasteiger partial charge in [0.1, 0.15) is 17.6 Å². The van der Waals surface area contributed by atoms with Crippen molar-refractivity contribution in [3.8, 4) is 17.5 Å². The van der Waals surface area contributed by atoms with E-state index in [0.29, 0.717) is 0 Å². The Morgan fingerprint density at radius 1 is 1.26 bits per heavy atom. The number of hydrogen-bond acceptors (Lipinski definition) is 6. The summed E-state index contributed by atoms with van der Waals surface area (Å²) in [5.74, 6) is -1.81. The highest BCUT2D eigenvalue weighted by molar-refractivity contribution is 6.23. The molecule has 0 spiro atoms. The van der Waals surface area contributed by atoms with Crippen molar-refractivity contribution in [2.45, 2.75) is 6.92 Å². The lowest BCUT2D eigenvalue weighted by Crippen LogP contribution is -2.25. The SMILES string of the molecule is Cc1c(O)ccc(C#N)c1-n1c(N)c2c(cc1=O)C(=O)NC2=O. The van der Waals surface area contributed by atoms with Crippen LogP contribution in [0.25, 0.3) is 5.69 Å². The molecular formula is C15H10N4O4. The van der Waals surface area contributed by atoms with E-state index in [0.717, 1.165) is 10.6 Å². The summed E-state index contributed by atoms with van der Waals surface area (Å²) >= 11 is 0. The maximum Gasteiger partial charge on any atom is 0.262 e. The summed E-state index contributed by atoms with van der Waals surface area (Å²) in [5, 5.41) is 21.2. The Bertz CT molecular complexity index is 998. The monoisotopic (exact) mass is 310 g/mol. The Labute approximate surface area is 129 Å². The van der Waals surface area contributed by atoms with E-state index in [2.05, 4.69) is 5.32 Å². The van der Waals surface area contributed by atoms with Gasteiger partial charge >= 0.3 is 0 Å². The number of carbonyl (C=O) groups is 2. The highest BCUT2D eigenvalue weighted by Gasteiger charge is 2.32. The number of nitrogens with zero attached hydrogens (tertiary/aromatic N) is 2. The van der Waals surface area contributed by atoms with Gasteiger partial charge in [-0.2, -0.15) is 5.26 Å². The molecule has 8 heteroatoms. The molecule has 0 fully saturated rings. The Morgan fingerprint density at radius 2 is 1.96 bits per heavy atom. The number of imide groups is 1. The number of phenolic OH excluding ortho intramolecular Hbond substituents is 1. The number of rotatable bonds is 1. The molecule has 4 N–H and O–H groups in total. The number of carbonyl (C=O) groups excluding carboxylic acids is 2. The largest absolute Gasteiger partial charge is 0.508 e. The first kappa shape index (κ1) is 14.3. The Kier molecular flexibility index (Phi) is 2.94. The van der Waals surface area contributed by atoms with Crippen LogP contribution in [0.3, 0.4) is 0 Å². The lowest BCUT2D eigenvalue weighted by molar-refractivity contribution is 0.0880. The fraction of sp³-hybridized carbons (Fsp3) is 0.0667. The first-order valence-corrected chi connectivity index (χ1v) is 6.51. The van der Waals surface area contributed by atoms with Crippen LogP contribution in [0.15, 0.2) is 23.0 Å². The highest BCUT2D eigenvalue weighted by atomic mass is 16.3. The molecule has 0 radical (unpaired) electrons. The quantitative estimate of drug-likeness (QED) is 0.643. The molecule has 114 valence electrons. The number of anilines is 1. The molecule has 0 unspecified atom stereocenters. The van der Waals surface area contributed by atoms with Gasteiger partial charge in [-0.1, -0.05) is 0 Å². The molecule has 1 aliphatic rings. The molecule has 2 heterocycles. The number of phenols is 1. The minimum atomic E-state index is -0.715. The summed E-state index contributed by atoms with van der Waals surface area (Å²) in [6, 6.07) is 5.55. The van der Waals surface area contributed by atoms with Crippen molar-refractivity contribution in [3.63, 3.8) is 0 Å². The number of pyridine rings is 1. The van der Waals surface area contributed by atoms with Gasteiger partial charge in [0.25, 0.3) is 17.4 Å². The highest BCUT2D eigenvalue weighted by Crippen LogP contribution is 2.30. The smallest absolute Gasteiger partial charge is 0.262 e. The van der Waals surface area contributed by atoms with Crippen LogP contribution in [0.1, 0.15) is 31.8 Å². The second-order valence-corrected chi connectivity index (χ2v) is 4.99. The van der Waals surface area contributed by atoms with Gasteiger partial charge in [-0.3, -0.25) is 24.3 Å². The zero-order valence-electron chi connectivity index (χ0n) is 11.9. The molecule has 0 saturated carbocycles. The number of nitrogen functional groups attached to an aromatic ring is 1. The molecule has 0 saturated heterocycles. The first-order chi connectivity index (χ1) is 10.9. The third-order valence-corrected chi connectivity index (χ3v) is 3.70. The van der Waals surface area contributed by atoms with Crippen LogP contribution in [-0.4, -0.2) is 21.5 Å². The van der Waals surface area contributed by atoms with E-state index in [-0.39, 0.29) is 39.5 Å². The van der Waals surface area contributed by atoms with Crippen LogP contribution in [-0.2, 0) is 0 Å². The van der Waals surface area contributed by atoms with E-state index in [9.17, 15) is 24.8 Å². The summed E-state index contributed by atoms with van der Waals surface area (Å²) in [6.07, 6.45) is 0. The van der Waals surface area contributed by atoms with Gasteiger partial charge in [0.05, 0.1) is 22.4 Å². The van der Waals surface area contributed by atoms with E-state index in [4.69, 9.17) is 5.73 Å². The van der Waals surface area contributed by atoms with Gasteiger partial charge in [0, 0.05) is 11.6 Å². The molecule has 8 nitrogen and oxygen atoms in total. The lowest BCUT2D eigenvalue weighted by atomic mass is 10.1. The molecule has 0 bridgehead atoms. The maximum absolute atomic E-state index is 12.4. The van der Waals surface area contributed by atoms with Gasteiger partial charge < -0.3 is 10.8 Å². The van der Waals surface area contributed by atoms with Gasteiger partial charge in [0.2, 0.25) is 0 Å². The van der Waals surface area contributed by atoms with Crippen LogP contribution >= 0.6 is 0 Å². The molecule has 1 aliphatic heterocycles. The fourth-order valence-electron chi connectivity index (χ4n) is 2.58. The predicted octanol–water partition coefficient (Wildman–Crippen LogP) is 0.189. The van der Waals surface area contributed by atoms with Crippen molar-refractivity contribution in [3.05, 3.63) is 50.8 Å². The van der Waals surface area contributed by atoms with Crippen LogP contribution < -0.4 is 16.6 Å². The van der Waals surface area contributed by atoms with Crippen LogP contribution in [0.2, 0.25) is 0 Å². The van der Waals surface area contributed by atoms with Gasteiger partial charge in [-0.15, -0.1) is 0 Å². The Balaban J connectivity index is 2.46. The van der Waals surface area contributed by atoms with Gasteiger partial charge in [0.15, 0.2) is 0 Å². The zero-order chi connectivity index (χ0) is 16.9. The summed E-state index contributed by atoms with van der Waals surface area (Å²) in [4.78, 5) is 35.9. The topological polar surface area (TPSA) is 138 Å². The molecule has 3 rings (SSSR count). The molecule has 0 aliphatic carbocycles. The molecular weight excluding hydrogens is 300 g/mol. The number of amides is 2. The summed E-state index contributed by atoms with van der Waals surface area (Å²) in [5.41, 5.74) is 5.43. The summed E-state index contributed by atoms with van der Waals surface area (Å²) in [7, 11) is 0. The molecule has 1 aromatic carbocycles. The maximum atomic E-state index is 12.4. The van der Waals surface area contributed by atoms with Gasteiger partial charge in [-0.05, 0) is 19.1 Å². The number of nitriles is 1. The van der Waals surface area contributed by atoms with E-state index in [1.54, 1.807) is 0 Å². The molecule has 2 amide bonds. The first-order valence-electron chi connectivity index (χ1n) is 6.51. The minimum absolute atomic E-state index is 0.0740. The van der Waals surface area contributed by atoms with E-state index >= 15 is 0 Å². The lowest BCUT2D eigenvalue weighted by Gasteiger charge is -2.16. The molecule has 2 aromatic rings. The number of fused-ring (bicyclic) bond motifs is 1. The Hall–Kier alpha value is -3.60. The normalized spacial score (nSPS) is 12.7. The van der Waals surface area contributed by atoms with Crippen LogP contribution in [0.4, 0.5) is 5.82 Å². The zero-order valence-corrected chi connectivity index (χ0v) is 11.9. The minimum Gasteiger partial charge on any atom is -0.508 e. The van der Waals surface area contributed by atoms with Crippen molar-refractivity contribution >= 4 is 17.6 Å². The number of aromatic hydroxyl groups is 1. The van der Waals surface area contributed by atoms with Gasteiger partial charge in [-0.25, -0.2) is 0 Å². The second kappa shape index (κ2) is 4.71. The van der Waals surface area contributed by atoms with E-state index in [1.165, 1.54) is 19.1 Å². The fourth-order valence-corrected chi connectivity index (χ4v) is 2.58. The van der Waals surface area contributed by atoms with Crippen LogP contribution in [0.5, 0.6) is 5.75 Å². The number of hydrogen-bond donors (Lipinski definition) is 3. The summed E-state index contributed by atoms with van der Waals surface area (Å²) < 4.78 is 0.949. The standard InChI is InChI=1S/C15H10N4O4/c1-6-9(20)3-2-7(5-16)12(6)19-10(21)4-8-11(13(19)17)15(23)18-14(8)22/h2-4,20H,17H2,1H3,(H,18,22,23). The van der Waals surface area contributed by atoms with Crippen molar-refractivity contribution < 1.29 is 14.7 Å². The third-order valence-electron chi connectivity index (χ3n) is 3.70. The number of aromatic nitrogens is 1. The van der Waals surface area contributed by atoms with E-state index < -0.39 is 17.4 Å². The predicted molar refractivity (Wildman–Crippen MR) is 79.4 cm³/mol. The van der Waals surface area contributed by atoms with Crippen molar-refractivity contribution in [2.75, 3.05) is 5.73 Å². The second-order valence-electron chi connectivity index (χ2n) is 4.99. The Morgan fingerprint density at radius 3 is 2.61 bits per heavy atom. The number of nitrogens with one attached hydrogen (secondary N) is 1. The molecule has 1 aromatic heterocycles. The number of benzene rings is 1. The van der Waals surface area contributed by atoms with Crippen molar-refractivity contribution in [1.82, 2.24) is 9.88 Å².